The van der Waals surface area contributed by atoms with Gasteiger partial charge in [-0.3, -0.25) is 0 Å². The summed E-state index contributed by atoms with van der Waals surface area (Å²) in [6, 6.07) is 5.91. The molecule has 0 saturated heterocycles. The summed E-state index contributed by atoms with van der Waals surface area (Å²) in [6.45, 7) is 5.89. The van der Waals surface area contributed by atoms with E-state index in [1.807, 2.05) is 18.2 Å². The normalized spacial score (nSPS) is 41.3. The van der Waals surface area contributed by atoms with E-state index >= 15 is 0 Å². The summed E-state index contributed by atoms with van der Waals surface area (Å²) in [5, 5.41) is 4.74. The van der Waals surface area contributed by atoms with Crippen LogP contribution in [0.3, 0.4) is 0 Å². The first-order valence-corrected chi connectivity index (χ1v) is 9.28. The van der Waals surface area contributed by atoms with Crippen LogP contribution in [0, 0.1) is 16.7 Å². The first-order chi connectivity index (χ1) is 10.8. The average Bonchev–Trinajstić information content (AvgIpc) is 2.41. The summed E-state index contributed by atoms with van der Waals surface area (Å²) >= 11 is 6.19. The van der Waals surface area contributed by atoms with E-state index in [0.717, 1.165) is 23.2 Å². The number of rotatable bonds is 4. The lowest BCUT2D eigenvalue weighted by atomic mass is 9.43. The molecular weight excluding hydrogens is 306 g/mol. The number of halogens is 1. The predicted molar refractivity (Wildman–Crippen MR) is 95.0 cm³/mol. The quantitative estimate of drug-likeness (QED) is 0.819. The van der Waals surface area contributed by atoms with Crippen molar-refractivity contribution in [3.8, 4) is 5.75 Å². The maximum atomic E-state index is 6.19. The van der Waals surface area contributed by atoms with Gasteiger partial charge in [-0.25, -0.2) is 0 Å². The molecule has 0 spiro atoms. The topological polar surface area (TPSA) is 21.3 Å². The number of hydrogen-bond acceptors (Lipinski definition) is 2. The Hall–Kier alpha value is -0.730. The second kappa shape index (κ2) is 5.13. The van der Waals surface area contributed by atoms with Gasteiger partial charge in [-0.05, 0) is 73.5 Å². The molecule has 4 atom stereocenters. The summed E-state index contributed by atoms with van der Waals surface area (Å²) in [7, 11) is 1.74. The summed E-state index contributed by atoms with van der Waals surface area (Å²) < 4.78 is 5.51. The molecule has 2 unspecified atom stereocenters. The molecule has 1 aromatic carbocycles. The van der Waals surface area contributed by atoms with E-state index in [2.05, 4.69) is 19.2 Å². The number of methoxy groups -OCH3 is 1. The molecule has 1 N–H and O–H groups in total. The highest BCUT2D eigenvalue weighted by molar-refractivity contribution is 6.30. The van der Waals surface area contributed by atoms with Gasteiger partial charge in [0.1, 0.15) is 5.75 Å². The third-order valence-corrected chi connectivity index (χ3v) is 6.76. The van der Waals surface area contributed by atoms with Gasteiger partial charge in [0.25, 0.3) is 0 Å². The maximum Gasteiger partial charge on any atom is 0.123 e. The number of ether oxygens (including phenoxy) is 1. The summed E-state index contributed by atoms with van der Waals surface area (Å²) in [5.74, 6) is 1.85. The maximum absolute atomic E-state index is 6.19. The molecule has 4 bridgehead atoms. The second-order valence-corrected chi connectivity index (χ2v) is 9.66. The lowest BCUT2D eigenvalue weighted by molar-refractivity contribution is -0.118. The van der Waals surface area contributed by atoms with E-state index < -0.39 is 0 Å². The molecule has 2 nitrogen and oxygen atoms in total. The number of hydrogen-bond donors (Lipinski definition) is 1. The minimum Gasteiger partial charge on any atom is -0.496 e. The van der Waals surface area contributed by atoms with E-state index in [4.69, 9.17) is 16.3 Å². The van der Waals surface area contributed by atoms with E-state index in [0.29, 0.717) is 16.4 Å². The Morgan fingerprint density at radius 2 is 1.83 bits per heavy atom. The fourth-order valence-corrected chi connectivity index (χ4v) is 7.01. The average molecular weight is 334 g/mol. The van der Waals surface area contributed by atoms with Crippen LogP contribution in [0.4, 0.5) is 0 Å². The zero-order valence-corrected chi connectivity index (χ0v) is 15.3. The Balaban J connectivity index is 1.56. The van der Waals surface area contributed by atoms with Crippen molar-refractivity contribution in [3.05, 3.63) is 28.8 Å². The summed E-state index contributed by atoms with van der Waals surface area (Å²) in [4.78, 5) is 0. The van der Waals surface area contributed by atoms with Crippen molar-refractivity contribution in [2.45, 2.75) is 64.5 Å². The number of nitrogens with one attached hydrogen (secondary N) is 1. The van der Waals surface area contributed by atoms with Gasteiger partial charge in [-0.2, -0.15) is 0 Å². The third kappa shape index (κ3) is 2.78. The van der Waals surface area contributed by atoms with Gasteiger partial charge in [-0.1, -0.05) is 25.4 Å². The monoisotopic (exact) mass is 333 g/mol. The first-order valence-electron chi connectivity index (χ1n) is 8.90. The SMILES string of the molecule is COc1ccc(Cl)cc1CNC12CC3C[C@@](C)(C1)C[C@](C)(C3)C2. The van der Waals surface area contributed by atoms with E-state index in [9.17, 15) is 0 Å². The molecule has 4 fully saturated rings. The van der Waals surface area contributed by atoms with Crippen LogP contribution in [0.5, 0.6) is 5.75 Å². The zero-order chi connectivity index (χ0) is 16.3. The summed E-state index contributed by atoms with van der Waals surface area (Å²) in [5.41, 5.74) is 2.57. The molecule has 126 valence electrons. The van der Waals surface area contributed by atoms with Crippen molar-refractivity contribution in [1.82, 2.24) is 5.32 Å². The van der Waals surface area contributed by atoms with Gasteiger partial charge in [0.2, 0.25) is 0 Å². The minimum atomic E-state index is 0.316. The first kappa shape index (κ1) is 15.8. The highest BCUT2D eigenvalue weighted by atomic mass is 35.5. The van der Waals surface area contributed by atoms with Crippen LogP contribution < -0.4 is 10.1 Å². The zero-order valence-electron chi connectivity index (χ0n) is 14.5. The Morgan fingerprint density at radius 3 is 2.43 bits per heavy atom. The molecule has 4 aliphatic carbocycles. The van der Waals surface area contributed by atoms with Crippen LogP contribution in [-0.2, 0) is 6.54 Å². The summed E-state index contributed by atoms with van der Waals surface area (Å²) in [6.07, 6.45) is 8.30. The van der Waals surface area contributed by atoms with Gasteiger partial charge in [0.15, 0.2) is 0 Å². The van der Waals surface area contributed by atoms with Crippen LogP contribution in [0.2, 0.25) is 5.02 Å². The highest BCUT2D eigenvalue weighted by Crippen LogP contribution is 2.66. The van der Waals surface area contributed by atoms with E-state index in [1.54, 1.807) is 7.11 Å². The standard InChI is InChI=1S/C20H28ClNO/c1-18-7-14-8-19(2,11-18)13-20(9-14,12-18)22-10-15-6-16(21)4-5-17(15)23-3/h4-6,14,22H,7-13H2,1-3H3/t14?,18-,19+,20?. The fourth-order valence-electron chi connectivity index (χ4n) is 6.81. The molecule has 1 aromatic rings. The Labute approximate surface area is 144 Å². The van der Waals surface area contributed by atoms with Crippen molar-refractivity contribution in [2.24, 2.45) is 16.7 Å². The highest BCUT2D eigenvalue weighted by Gasteiger charge is 2.59. The van der Waals surface area contributed by atoms with Crippen molar-refractivity contribution >= 4 is 11.6 Å². The molecule has 0 radical (unpaired) electrons. The van der Waals surface area contributed by atoms with E-state index in [1.165, 1.54) is 44.1 Å². The molecule has 5 rings (SSSR count). The molecule has 0 aromatic heterocycles. The molecule has 3 heteroatoms. The van der Waals surface area contributed by atoms with Gasteiger partial charge >= 0.3 is 0 Å². The molecule has 4 aliphatic rings. The van der Waals surface area contributed by atoms with Crippen molar-refractivity contribution in [2.75, 3.05) is 7.11 Å². The third-order valence-electron chi connectivity index (χ3n) is 6.52. The van der Waals surface area contributed by atoms with Crippen LogP contribution in [0.1, 0.15) is 57.9 Å². The van der Waals surface area contributed by atoms with Crippen LogP contribution in [0.25, 0.3) is 0 Å². The molecule has 4 saturated carbocycles. The molecule has 23 heavy (non-hydrogen) atoms. The Bertz CT molecular complexity index is 610. The van der Waals surface area contributed by atoms with Gasteiger partial charge in [0.05, 0.1) is 7.11 Å². The Morgan fingerprint density at radius 1 is 1.13 bits per heavy atom. The number of benzene rings is 1. The smallest absolute Gasteiger partial charge is 0.123 e. The van der Waals surface area contributed by atoms with Gasteiger partial charge in [-0.15, -0.1) is 0 Å². The Kier molecular flexibility index (Phi) is 3.52. The largest absolute Gasteiger partial charge is 0.496 e. The van der Waals surface area contributed by atoms with Crippen LogP contribution in [0.15, 0.2) is 18.2 Å². The predicted octanol–water partition coefficient (Wildman–Crippen LogP) is 5.19. The van der Waals surface area contributed by atoms with E-state index in [-0.39, 0.29) is 0 Å². The lowest BCUT2D eigenvalue weighted by Crippen LogP contribution is -2.63. The van der Waals surface area contributed by atoms with Gasteiger partial charge in [0, 0.05) is 22.7 Å². The molecule has 0 heterocycles. The van der Waals surface area contributed by atoms with Crippen LogP contribution in [-0.4, -0.2) is 12.6 Å². The van der Waals surface area contributed by atoms with Crippen molar-refractivity contribution in [1.29, 1.82) is 0 Å². The molecule has 0 amide bonds. The lowest BCUT2D eigenvalue weighted by Gasteiger charge is -2.65. The second-order valence-electron chi connectivity index (χ2n) is 9.22. The minimum absolute atomic E-state index is 0.316. The van der Waals surface area contributed by atoms with Crippen molar-refractivity contribution in [3.63, 3.8) is 0 Å². The van der Waals surface area contributed by atoms with Crippen LogP contribution >= 0.6 is 11.6 Å². The van der Waals surface area contributed by atoms with Crippen molar-refractivity contribution < 1.29 is 4.74 Å². The fraction of sp³-hybridized carbons (Fsp3) is 0.700. The molecular formula is C20H28ClNO. The van der Waals surface area contributed by atoms with Gasteiger partial charge < -0.3 is 10.1 Å². The molecule has 0 aliphatic heterocycles.